The normalized spacial score (nSPS) is 12.6. The molecule has 2 aromatic rings. The largest absolute Gasteiger partial charge is 1.00 e. The first kappa shape index (κ1) is 27.4. The van der Waals surface area contributed by atoms with Crippen LogP contribution in [-0.4, -0.2) is 30.8 Å². The van der Waals surface area contributed by atoms with E-state index in [0.29, 0.717) is 11.1 Å². The zero-order chi connectivity index (χ0) is 18.7. The van der Waals surface area contributed by atoms with Gasteiger partial charge in [-0.05, 0) is 12.0 Å². The molecule has 1 unspecified atom stereocenters. The van der Waals surface area contributed by atoms with Crippen LogP contribution < -0.4 is 59.1 Å². The minimum Gasteiger partial charge on any atom is -1.00 e. The quantitative estimate of drug-likeness (QED) is 0.208. The zero-order valence-electron chi connectivity index (χ0n) is 17.0. The molecule has 4 N–H and O–H groups in total. The van der Waals surface area contributed by atoms with E-state index in [2.05, 4.69) is 0 Å². The van der Waals surface area contributed by atoms with Gasteiger partial charge in [-0.3, -0.25) is 13.9 Å². The second-order valence-corrected chi connectivity index (χ2v) is 9.60. The Morgan fingerprint density at radius 2 is 1.22 bits per heavy atom. The molecule has 0 aromatic heterocycles. The van der Waals surface area contributed by atoms with Crippen molar-refractivity contribution < 1.29 is 95.5 Å². The smallest absolute Gasteiger partial charge is 1.00 e. The number of carbonyl (C=O) groups is 1. The van der Waals surface area contributed by atoms with E-state index >= 15 is 0 Å². The summed E-state index contributed by atoms with van der Waals surface area (Å²) in [5.74, 6) is -1.55. The third-order valence-corrected chi connectivity index (χ3v) is 7.58. The predicted octanol–water partition coefficient (Wildman–Crippen LogP) is -3.04. The van der Waals surface area contributed by atoms with Gasteiger partial charge >= 0.3 is 74.3 Å². The molecule has 7 nitrogen and oxygen atoms in total. The molecule has 2 aromatic carbocycles. The molecule has 0 amide bonds. The first-order valence-corrected chi connectivity index (χ1v) is 10.7. The van der Waals surface area contributed by atoms with Crippen molar-refractivity contribution in [3.63, 3.8) is 0 Å². The SMILES string of the molecule is O=C(c1ccccc1)C(CC(P(=O)(O)O)P(=O)(O)O)c1ccccc1.[H-].[H-].[Na+].[Na+]. The Morgan fingerprint density at radius 1 is 0.815 bits per heavy atom. The monoisotopic (exact) mass is 432 g/mol. The Hall–Kier alpha value is 0.410. The van der Waals surface area contributed by atoms with Crippen LogP contribution in [0.2, 0.25) is 0 Å². The molecule has 0 fully saturated rings. The Labute approximate surface area is 204 Å². The van der Waals surface area contributed by atoms with Crippen LogP contribution in [0, 0.1) is 0 Å². The topological polar surface area (TPSA) is 132 Å². The van der Waals surface area contributed by atoms with Gasteiger partial charge in [0.05, 0.1) is 0 Å². The maximum absolute atomic E-state index is 12.8. The van der Waals surface area contributed by atoms with Gasteiger partial charge in [0.1, 0.15) is 0 Å². The summed E-state index contributed by atoms with van der Waals surface area (Å²) in [7, 11) is -10.2. The summed E-state index contributed by atoms with van der Waals surface area (Å²) in [4.78, 5) is 50.3. The van der Waals surface area contributed by atoms with Gasteiger partial charge in [-0.25, -0.2) is 0 Å². The van der Waals surface area contributed by atoms with Gasteiger partial charge in [-0.1, -0.05) is 60.7 Å². The molecule has 11 heteroatoms. The molecule has 2 rings (SSSR count). The molecule has 0 saturated heterocycles. The molecule has 1 atom stereocenters. The number of Topliss-reactive ketones (excluding diaryl/α,β-unsaturated/α-hetero) is 1. The number of ketones is 1. The molecule has 0 bridgehead atoms. The first-order chi connectivity index (χ1) is 11.6. The molecule has 0 aliphatic heterocycles. The van der Waals surface area contributed by atoms with E-state index < -0.39 is 38.7 Å². The van der Waals surface area contributed by atoms with E-state index in [-0.39, 0.29) is 62.0 Å². The Morgan fingerprint density at radius 3 is 1.63 bits per heavy atom. The van der Waals surface area contributed by atoms with Crippen molar-refractivity contribution >= 4 is 21.0 Å². The Balaban J connectivity index is -0.00000169. The summed E-state index contributed by atoms with van der Waals surface area (Å²) < 4.78 is 23.2. The van der Waals surface area contributed by atoms with Crippen molar-refractivity contribution in [2.45, 2.75) is 17.7 Å². The van der Waals surface area contributed by atoms with Gasteiger partial charge in [0.25, 0.3) is 0 Å². The predicted molar refractivity (Wildman–Crippen MR) is 94.7 cm³/mol. The molecule has 0 radical (unpaired) electrons. The maximum Gasteiger partial charge on any atom is 1.00 e. The summed E-state index contributed by atoms with van der Waals surface area (Å²) in [6.07, 6.45) is -0.660. The van der Waals surface area contributed by atoms with Crippen molar-refractivity contribution in [3.05, 3.63) is 71.8 Å². The van der Waals surface area contributed by atoms with Crippen molar-refractivity contribution in [2.75, 3.05) is 0 Å². The van der Waals surface area contributed by atoms with Crippen molar-refractivity contribution in [1.82, 2.24) is 0 Å². The second kappa shape index (κ2) is 11.6. The third-order valence-electron chi connectivity index (χ3n) is 3.80. The van der Waals surface area contributed by atoms with E-state index in [9.17, 15) is 33.5 Å². The summed E-state index contributed by atoms with van der Waals surface area (Å²) in [5, 5.41) is -2.24. The molecule has 0 saturated carbocycles. The number of benzene rings is 2. The summed E-state index contributed by atoms with van der Waals surface area (Å²) in [6.45, 7) is 0. The number of hydrogen-bond donors (Lipinski definition) is 4. The van der Waals surface area contributed by atoms with Gasteiger partial charge in [-0.2, -0.15) is 0 Å². The third kappa shape index (κ3) is 7.98. The van der Waals surface area contributed by atoms with Gasteiger partial charge in [0.15, 0.2) is 11.2 Å². The fraction of sp³-hybridized carbons (Fsp3) is 0.188. The van der Waals surface area contributed by atoms with Gasteiger partial charge in [-0.15, -0.1) is 0 Å². The van der Waals surface area contributed by atoms with Crippen LogP contribution in [0.25, 0.3) is 0 Å². The molecule has 0 spiro atoms. The summed E-state index contributed by atoms with van der Waals surface area (Å²) >= 11 is 0. The standard InChI is InChI=1S/C16H18O7P2.2Na.2H/c17-16(13-9-5-2-6-10-13)14(12-7-3-1-4-8-12)11-15(24(18,19)20)25(21,22)23;;;;/h1-10,14-15H,11H2,(H2,18,19,20)(H2,21,22,23);;;;/q;2*+1;2*-1. The summed E-state index contributed by atoms with van der Waals surface area (Å²) in [5.41, 5.74) is 0.731. The van der Waals surface area contributed by atoms with Crippen molar-refractivity contribution in [1.29, 1.82) is 0 Å². The van der Waals surface area contributed by atoms with Crippen LogP contribution in [-0.2, 0) is 9.13 Å². The number of rotatable bonds is 7. The fourth-order valence-corrected chi connectivity index (χ4v) is 5.10. The van der Waals surface area contributed by atoms with Crippen LogP contribution >= 0.6 is 15.2 Å². The van der Waals surface area contributed by atoms with Crippen LogP contribution in [0.5, 0.6) is 0 Å². The van der Waals surface area contributed by atoms with Crippen molar-refractivity contribution in [3.8, 4) is 0 Å². The first-order valence-electron chi connectivity index (χ1n) is 7.35. The van der Waals surface area contributed by atoms with Gasteiger partial charge < -0.3 is 22.4 Å². The molecule has 138 valence electrons. The molecule has 0 heterocycles. The van der Waals surface area contributed by atoms with Crippen LogP contribution in [0.1, 0.15) is 31.1 Å². The van der Waals surface area contributed by atoms with Crippen LogP contribution in [0.3, 0.4) is 0 Å². The van der Waals surface area contributed by atoms with E-state index in [1.54, 1.807) is 60.7 Å². The average molecular weight is 432 g/mol. The van der Waals surface area contributed by atoms with E-state index in [1.807, 2.05) is 0 Å². The van der Waals surface area contributed by atoms with Gasteiger partial charge in [0.2, 0.25) is 0 Å². The Bertz CT molecular complexity index is 810. The van der Waals surface area contributed by atoms with Crippen molar-refractivity contribution in [2.24, 2.45) is 0 Å². The Kier molecular flexibility index (Phi) is 11.7. The average Bonchev–Trinajstić information content (AvgIpc) is 2.54. The fourth-order valence-electron chi connectivity index (χ4n) is 2.56. The molecular weight excluding hydrogens is 412 g/mol. The maximum atomic E-state index is 12.8. The van der Waals surface area contributed by atoms with E-state index in [0.717, 1.165) is 0 Å². The molecule has 27 heavy (non-hydrogen) atoms. The molecule has 0 aliphatic carbocycles. The molecular formula is C16H20Na2O7P2. The van der Waals surface area contributed by atoms with E-state index in [4.69, 9.17) is 0 Å². The number of hydrogen-bond acceptors (Lipinski definition) is 3. The minimum absolute atomic E-state index is 0. The zero-order valence-corrected chi connectivity index (χ0v) is 20.8. The number of carbonyl (C=O) groups excluding carboxylic acids is 1. The summed E-state index contributed by atoms with van der Waals surface area (Å²) in [6, 6.07) is 16.2. The second-order valence-electron chi connectivity index (χ2n) is 5.59. The molecule has 0 aliphatic rings. The van der Waals surface area contributed by atoms with Crippen LogP contribution in [0.15, 0.2) is 60.7 Å². The van der Waals surface area contributed by atoms with Gasteiger partial charge in [0, 0.05) is 11.5 Å². The minimum atomic E-state index is -5.12. The van der Waals surface area contributed by atoms with E-state index in [1.165, 1.54) is 0 Å². The van der Waals surface area contributed by atoms with Crippen LogP contribution in [0.4, 0.5) is 0 Å².